The summed E-state index contributed by atoms with van der Waals surface area (Å²) in [6.45, 7) is 7.16. The highest BCUT2D eigenvalue weighted by atomic mass is 32.2. The molecule has 0 saturated carbocycles. The third-order valence-electron chi connectivity index (χ3n) is 5.26. The molecule has 1 N–H and O–H groups in total. The third kappa shape index (κ3) is 4.56. The van der Waals surface area contributed by atoms with Crippen molar-refractivity contribution in [3.05, 3.63) is 16.8 Å². The van der Waals surface area contributed by atoms with Gasteiger partial charge in [-0.05, 0) is 58.2 Å². The number of carbonyl (C=O) groups is 1. The van der Waals surface area contributed by atoms with Crippen LogP contribution in [0.5, 0.6) is 0 Å². The number of hydrogen-bond donors (Lipinski definition) is 1. The van der Waals surface area contributed by atoms with Crippen molar-refractivity contribution in [3.63, 3.8) is 0 Å². The maximum Gasteiger partial charge on any atom is 0.223 e. The summed E-state index contributed by atoms with van der Waals surface area (Å²) in [5, 5.41) is 5.39. The van der Waals surface area contributed by atoms with Crippen LogP contribution < -0.4 is 5.32 Å². The molecular weight excluding hydrogens is 364 g/mol. The highest BCUT2D eigenvalue weighted by Gasteiger charge is 2.22. The number of likely N-dealkylation sites (tertiary alicyclic amines) is 1. The van der Waals surface area contributed by atoms with Crippen molar-refractivity contribution in [1.82, 2.24) is 20.2 Å². The van der Waals surface area contributed by atoms with E-state index in [1.54, 1.807) is 29.4 Å². The van der Waals surface area contributed by atoms with Crippen LogP contribution in [-0.2, 0) is 4.79 Å². The predicted octanol–water partition coefficient (Wildman–Crippen LogP) is 3.64. The molecule has 5 nitrogen and oxygen atoms in total. The Bertz CT molecular complexity index is 753. The Labute approximate surface area is 164 Å². The number of aryl methyl sites for hydroxylation is 2. The van der Waals surface area contributed by atoms with E-state index in [0.29, 0.717) is 6.42 Å². The first-order valence-electron chi connectivity index (χ1n) is 9.36. The Morgan fingerprint density at radius 3 is 2.85 bits per heavy atom. The van der Waals surface area contributed by atoms with E-state index in [1.165, 1.54) is 16.9 Å². The number of thiophene rings is 1. The van der Waals surface area contributed by atoms with Crippen LogP contribution in [0.4, 0.5) is 0 Å². The van der Waals surface area contributed by atoms with E-state index >= 15 is 0 Å². The van der Waals surface area contributed by atoms with E-state index in [-0.39, 0.29) is 5.91 Å². The highest BCUT2D eigenvalue weighted by molar-refractivity contribution is 7.99. The molecule has 2 aromatic heterocycles. The molecule has 0 aromatic carbocycles. The van der Waals surface area contributed by atoms with Crippen LogP contribution in [0.25, 0.3) is 10.2 Å². The predicted molar refractivity (Wildman–Crippen MR) is 110 cm³/mol. The van der Waals surface area contributed by atoms with Gasteiger partial charge in [0, 0.05) is 35.5 Å². The van der Waals surface area contributed by atoms with Crippen molar-refractivity contribution in [2.45, 2.75) is 44.6 Å². The van der Waals surface area contributed by atoms with Gasteiger partial charge in [-0.25, -0.2) is 9.97 Å². The molecule has 1 aliphatic rings. The van der Waals surface area contributed by atoms with Crippen molar-refractivity contribution in [2.24, 2.45) is 5.92 Å². The van der Waals surface area contributed by atoms with E-state index < -0.39 is 0 Å². The number of rotatable bonds is 7. The number of amides is 1. The minimum absolute atomic E-state index is 0.285. The second-order valence-corrected chi connectivity index (χ2v) is 9.24. The summed E-state index contributed by atoms with van der Waals surface area (Å²) in [4.78, 5) is 25.7. The van der Waals surface area contributed by atoms with Gasteiger partial charge in [-0.3, -0.25) is 4.79 Å². The Morgan fingerprint density at radius 2 is 2.12 bits per heavy atom. The van der Waals surface area contributed by atoms with Gasteiger partial charge in [-0.15, -0.1) is 23.1 Å². The maximum atomic E-state index is 12.5. The van der Waals surface area contributed by atoms with Crippen molar-refractivity contribution in [2.75, 3.05) is 32.4 Å². The van der Waals surface area contributed by atoms with E-state index in [9.17, 15) is 4.79 Å². The average Bonchev–Trinajstić information content (AvgIpc) is 2.95. The molecule has 1 saturated heterocycles. The minimum Gasteiger partial charge on any atom is -0.343 e. The number of thioether (sulfide) groups is 1. The molecule has 0 bridgehead atoms. The first-order chi connectivity index (χ1) is 12.6. The van der Waals surface area contributed by atoms with E-state index in [1.807, 2.05) is 11.9 Å². The number of aromatic nitrogens is 2. The Kier molecular flexibility index (Phi) is 6.89. The molecule has 0 atom stereocenters. The molecule has 1 amide bonds. The molecule has 26 heavy (non-hydrogen) atoms. The molecule has 2 aromatic rings. The van der Waals surface area contributed by atoms with Crippen LogP contribution in [0.1, 0.15) is 36.1 Å². The lowest BCUT2D eigenvalue weighted by atomic mass is 9.93. The highest BCUT2D eigenvalue weighted by Crippen LogP contribution is 2.34. The maximum absolute atomic E-state index is 12.5. The molecular formula is C19H28N4OS2. The zero-order chi connectivity index (χ0) is 18.5. The van der Waals surface area contributed by atoms with Crippen LogP contribution in [0, 0.1) is 19.8 Å². The Morgan fingerprint density at radius 1 is 1.35 bits per heavy atom. The van der Waals surface area contributed by atoms with Crippen LogP contribution in [0.15, 0.2) is 11.4 Å². The second kappa shape index (κ2) is 9.15. The standard InChI is InChI=1S/C19H28N4OS2/c1-13-14(2)26-19-17(13)18(21-12-22-19)25-11-7-16(24)23-9-5-15(6-10-23)4-8-20-3/h12,15,20H,4-11H2,1-3H3. The van der Waals surface area contributed by atoms with Crippen molar-refractivity contribution in [3.8, 4) is 0 Å². The molecule has 0 aliphatic carbocycles. The third-order valence-corrected chi connectivity index (χ3v) is 7.36. The fraction of sp³-hybridized carbons (Fsp3) is 0.632. The first kappa shape index (κ1) is 19.6. The zero-order valence-electron chi connectivity index (χ0n) is 15.9. The van der Waals surface area contributed by atoms with Gasteiger partial charge >= 0.3 is 0 Å². The van der Waals surface area contributed by atoms with Gasteiger partial charge in [0.15, 0.2) is 0 Å². The molecule has 0 spiro atoms. The molecule has 3 rings (SSSR count). The first-order valence-corrected chi connectivity index (χ1v) is 11.2. The van der Waals surface area contributed by atoms with Crippen LogP contribution >= 0.6 is 23.1 Å². The van der Waals surface area contributed by atoms with E-state index in [4.69, 9.17) is 0 Å². The Balaban J connectivity index is 1.49. The Hall–Kier alpha value is -1.18. The molecule has 1 fully saturated rings. The molecule has 3 heterocycles. The second-order valence-electron chi connectivity index (χ2n) is 6.96. The summed E-state index contributed by atoms with van der Waals surface area (Å²) in [6.07, 6.45) is 5.72. The summed E-state index contributed by atoms with van der Waals surface area (Å²) in [6, 6.07) is 0. The van der Waals surface area contributed by atoms with Gasteiger partial charge in [0.1, 0.15) is 16.2 Å². The van der Waals surface area contributed by atoms with Crippen LogP contribution in [-0.4, -0.2) is 53.2 Å². The van der Waals surface area contributed by atoms with Gasteiger partial charge in [-0.2, -0.15) is 0 Å². The van der Waals surface area contributed by atoms with Crippen molar-refractivity contribution < 1.29 is 4.79 Å². The van der Waals surface area contributed by atoms with Crippen molar-refractivity contribution >= 4 is 39.2 Å². The molecule has 142 valence electrons. The summed E-state index contributed by atoms with van der Waals surface area (Å²) in [5.74, 6) is 1.83. The van der Waals surface area contributed by atoms with E-state index in [2.05, 4.69) is 29.1 Å². The number of carbonyl (C=O) groups excluding carboxylic acids is 1. The summed E-state index contributed by atoms with van der Waals surface area (Å²) < 4.78 is 0. The minimum atomic E-state index is 0.285. The summed E-state index contributed by atoms with van der Waals surface area (Å²) in [5.41, 5.74) is 1.27. The SMILES string of the molecule is CNCCC1CCN(C(=O)CCSc2ncnc3sc(C)c(C)c23)CC1. The largest absolute Gasteiger partial charge is 0.343 e. The summed E-state index contributed by atoms with van der Waals surface area (Å²) >= 11 is 3.40. The van der Waals surface area contributed by atoms with Crippen molar-refractivity contribution in [1.29, 1.82) is 0 Å². The molecule has 0 unspecified atom stereocenters. The molecule has 7 heteroatoms. The molecule has 1 aliphatic heterocycles. The topological polar surface area (TPSA) is 58.1 Å². The zero-order valence-corrected chi connectivity index (χ0v) is 17.5. The van der Waals surface area contributed by atoms with Gasteiger partial charge in [0.05, 0.1) is 0 Å². The lowest BCUT2D eigenvalue weighted by Gasteiger charge is -2.32. The number of hydrogen-bond acceptors (Lipinski definition) is 6. The normalized spacial score (nSPS) is 15.7. The van der Waals surface area contributed by atoms with Gasteiger partial charge in [-0.1, -0.05) is 0 Å². The fourth-order valence-electron chi connectivity index (χ4n) is 3.47. The number of nitrogens with one attached hydrogen (secondary N) is 1. The quantitative estimate of drug-likeness (QED) is 0.576. The van der Waals surface area contributed by atoms with Crippen LogP contribution in [0.3, 0.4) is 0 Å². The van der Waals surface area contributed by atoms with Gasteiger partial charge in [0.25, 0.3) is 0 Å². The van der Waals surface area contributed by atoms with E-state index in [0.717, 1.165) is 59.4 Å². The smallest absolute Gasteiger partial charge is 0.223 e. The monoisotopic (exact) mass is 392 g/mol. The molecule has 0 radical (unpaired) electrons. The number of piperidine rings is 1. The summed E-state index contributed by atoms with van der Waals surface area (Å²) in [7, 11) is 2.00. The van der Waals surface area contributed by atoms with Crippen LogP contribution in [0.2, 0.25) is 0 Å². The number of nitrogens with zero attached hydrogens (tertiary/aromatic N) is 3. The fourth-order valence-corrected chi connectivity index (χ4v) is 5.52. The van der Waals surface area contributed by atoms with Gasteiger partial charge in [0.2, 0.25) is 5.91 Å². The lowest BCUT2D eigenvalue weighted by Crippen LogP contribution is -2.39. The van der Waals surface area contributed by atoms with Gasteiger partial charge < -0.3 is 10.2 Å². The average molecular weight is 393 g/mol. The number of fused-ring (bicyclic) bond motifs is 1. The lowest BCUT2D eigenvalue weighted by molar-refractivity contribution is -0.132.